The molecule has 3 amide bonds. The van der Waals surface area contributed by atoms with Gasteiger partial charge in [-0.1, -0.05) is 12.1 Å². The van der Waals surface area contributed by atoms with Crippen molar-refractivity contribution >= 4 is 29.4 Å². The first-order valence-corrected chi connectivity index (χ1v) is 13.5. The minimum atomic E-state index is -0.364. The molecule has 0 atom stereocenters. The fourth-order valence-electron chi connectivity index (χ4n) is 3.70. The molecule has 0 spiro atoms. The molecule has 0 saturated heterocycles. The van der Waals surface area contributed by atoms with Crippen molar-refractivity contribution in [1.82, 2.24) is 9.80 Å². The predicted molar refractivity (Wildman–Crippen MR) is 144 cm³/mol. The van der Waals surface area contributed by atoms with Gasteiger partial charge in [-0.2, -0.15) is 0 Å². The Morgan fingerprint density at radius 2 is 1.73 bits per heavy atom. The van der Waals surface area contributed by atoms with Crippen LogP contribution in [0.3, 0.4) is 0 Å². The van der Waals surface area contributed by atoms with E-state index in [9.17, 15) is 14.0 Å². The molecule has 0 fully saturated rings. The van der Waals surface area contributed by atoms with E-state index >= 15 is 0 Å². The van der Waals surface area contributed by atoms with Crippen molar-refractivity contribution < 1.29 is 23.1 Å². The number of hydrogen-bond acceptors (Lipinski definition) is 5. The number of nitrogens with one attached hydrogen (secondary N) is 1. The molecule has 7 nitrogen and oxygen atoms in total. The van der Waals surface area contributed by atoms with E-state index < -0.39 is 0 Å². The van der Waals surface area contributed by atoms with Gasteiger partial charge < -0.3 is 24.3 Å². The summed E-state index contributed by atoms with van der Waals surface area (Å²) in [7, 11) is 0. The first kappa shape index (κ1) is 28.3. The number of halogens is 1. The van der Waals surface area contributed by atoms with E-state index in [4.69, 9.17) is 9.15 Å². The molecule has 0 unspecified atom stereocenters. The van der Waals surface area contributed by atoms with Crippen LogP contribution in [0, 0.1) is 12.7 Å². The Kier molecular flexibility index (Phi) is 11.0. The molecule has 0 bridgehead atoms. The highest BCUT2D eigenvalue weighted by Gasteiger charge is 2.23. The van der Waals surface area contributed by atoms with Crippen LogP contribution in [0.25, 0.3) is 0 Å². The van der Waals surface area contributed by atoms with Crippen LogP contribution >= 0.6 is 11.8 Å². The summed E-state index contributed by atoms with van der Waals surface area (Å²) >= 11 is 1.62. The number of amides is 3. The van der Waals surface area contributed by atoms with Crippen LogP contribution in [-0.4, -0.2) is 54.3 Å². The zero-order chi connectivity index (χ0) is 26.6. The van der Waals surface area contributed by atoms with Crippen LogP contribution in [-0.2, 0) is 22.6 Å². The van der Waals surface area contributed by atoms with Crippen LogP contribution in [0.4, 0.5) is 14.9 Å². The normalized spacial score (nSPS) is 10.8. The van der Waals surface area contributed by atoms with Crippen molar-refractivity contribution in [2.75, 3.05) is 37.9 Å². The minimum Gasteiger partial charge on any atom is -0.464 e. The maximum absolute atomic E-state index is 13.5. The molecule has 1 heterocycles. The molecule has 37 heavy (non-hydrogen) atoms. The van der Waals surface area contributed by atoms with Gasteiger partial charge in [0.25, 0.3) is 0 Å². The largest absolute Gasteiger partial charge is 0.464 e. The number of hydrogen-bond donors (Lipinski definition) is 1. The molecule has 1 aromatic heterocycles. The molecule has 198 valence electrons. The maximum atomic E-state index is 13.5. The van der Waals surface area contributed by atoms with Gasteiger partial charge in [-0.15, -0.1) is 11.8 Å². The van der Waals surface area contributed by atoms with Crippen molar-refractivity contribution in [2.24, 2.45) is 0 Å². The van der Waals surface area contributed by atoms with Crippen LogP contribution in [0.15, 0.2) is 70.0 Å². The lowest BCUT2D eigenvalue weighted by Gasteiger charge is -2.27. The van der Waals surface area contributed by atoms with Crippen LogP contribution in [0.2, 0.25) is 0 Å². The highest BCUT2D eigenvalue weighted by molar-refractivity contribution is 7.98. The average molecular weight is 528 g/mol. The van der Waals surface area contributed by atoms with E-state index in [0.717, 1.165) is 16.2 Å². The van der Waals surface area contributed by atoms with Crippen molar-refractivity contribution in [3.05, 3.63) is 83.6 Å². The summed E-state index contributed by atoms with van der Waals surface area (Å²) in [5.74, 6) is 0.788. The van der Waals surface area contributed by atoms with Gasteiger partial charge in [0.1, 0.15) is 23.9 Å². The second-order valence-corrected chi connectivity index (χ2v) is 9.40. The smallest absolute Gasteiger partial charge is 0.322 e. The molecule has 0 radical (unpaired) electrons. The molecular weight excluding hydrogens is 493 g/mol. The second kappa shape index (κ2) is 14.4. The molecule has 0 aliphatic carbocycles. The molecule has 2 aromatic carbocycles. The summed E-state index contributed by atoms with van der Waals surface area (Å²) < 4.78 is 24.6. The Labute approximate surface area is 222 Å². The molecule has 3 rings (SSSR count). The Hall–Kier alpha value is -3.30. The number of urea groups is 1. The Bertz CT molecular complexity index is 1140. The molecular formula is C28H34FN3O4S. The fraction of sp³-hybridized carbons (Fsp3) is 0.357. The van der Waals surface area contributed by atoms with E-state index in [2.05, 4.69) is 5.32 Å². The third-order valence-electron chi connectivity index (χ3n) is 5.66. The van der Waals surface area contributed by atoms with Gasteiger partial charge in [-0.05, 0) is 80.6 Å². The lowest BCUT2D eigenvalue weighted by atomic mass is 10.2. The molecule has 0 aliphatic rings. The van der Waals surface area contributed by atoms with E-state index in [1.54, 1.807) is 28.8 Å². The van der Waals surface area contributed by atoms with Gasteiger partial charge in [0.05, 0.1) is 6.54 Å². The first-order chi connectivity index (χ1) is 17.9. The van der Waals surface area contributed by atoms with Crippen LogP contribution in [0.5, 0.6) is 0 Å². The standard InChI is InChI=1S/C28H34FN3O4S/c1-4-35-17-5-16-31(28(34)30-24-11-14-26(37-3)15-12-24)20-27(33)32(19-25-13-6-21(2)36-25)18-22-7-9-23(29)10-8-22/h6-15H,4-5,16-20H2,1-3H3,(H,30,34). The summed E-state index contributed by atoms with van der Waals surface area (Å²) in [6, 6.07) is 16.9. The van der Waals surface area contributed by atoms with Gasteiger partial charge in [0, 0.05) is 36.9 Å². The van der Waals surface area contributed by atoms with Gasteiger partial charge in [0.2, 0.25) is 5.91 Å². The van der Waals surface area contributed by atoms with Crippen molar-refractivity contribution in [2.45, 2.75) is 38.3 Å². The minimum absolute atomic E-state index is 0.123. The van der Waals surface area contributed by atoms with Crippen LogP contribution < -0.4 is 5.32 Å². The zero-order valence-corrected chi connectivity index (χ0v) is 22.4. The number of thioether (sulfide) groups is 1. The van der Waals surface area contributed by atoms with E-state index in [0.29, 0.717) is 37.6 Å². The van der Waals surface area contributed by atoms with Gasteiger partial charge in [-0.25, -0.2) is 9.18 Å². The van der Waals surface area contributed by atoms with Crippen molar-refractivity contribution in [3.8, 4) is 0 Å². The molecule has 0 saturated carbocycles. The number of carbonyl (C=O) groups excluding carboxylic acids is 2. The summed E-state index contributed by atoms with van der Waals surface area (Å²) in [4.78, 5) is 30.9. The predicted octanol–water partition coefficient (Wildman–Crippen LogP) is 5.94. The fourth-order valence-corrected chi connectivity index (χ4v) is 4.10. The summed E-state index contributed by atoms with van der Waals surface area (Å²) in [6.07, 6.45) is 2.58. The van der Waals surface area contributed by atoms with Gasteiger partial charge in [-0.3, -0.25) is 4.79 Å². The van der Waals surface area contributed by atoms with E-state index in [-0.39, 0.29) is 37.4 Å². The number of ether oxygens (including phenoxy) is 1. The molecule has 3 aromatic rings. The Morgan fingerprint density at radius 1 is 1.00 bits per heavy atom. The molecule has 1 N–H and O–H groups in total. The average Bonchev–Trinajstić information content (AvgIpc) is 3.31. The Morgan fingerprint density at radius 3 is 2.35 bits per heavy atom. The maximum Gasteiger partial charge on any atom is 0.322 e. The Balaban J connectivity index is 1.75. The number of nitrogens with zero attached hydrogens (tertiary/aromatic N) is 2. The number of benzene rings is 2. The van der Waals surface area contributed by atoms with Crippen molar-refractivity contribution in [3.63, 3.8) is 0 Å². The lowest BCUT2D eigenvalue weighted by Crippen LogP contribution is -2.44. The second-order valence-electron chi connectivity index (χ2n) is 8.52. The number of carbonyl (C=O) groups is 2. The third-order valence-corrected chi connectivity index (χ3v) is 6.40. The highest BCUT2D eigenvalue weighted by Crippen LogP contribution is 2.18. The number of furan rings is 1. The topological polar surface area (TPSA) is 75.0 Å². The quantitative estimate of drug-likeness (QED) is 0.220. The van der Waals surface area contributed by atoms with Gasteiger partial charge >= 0.3 is 6.03 Å². The third kappa shape index (κ3) is 9.26. The summed E-state index contributed by atoms with van der Waals surface area (Å²) in [5, 5.41) is 2.89. The molecule has 9 heteroatoms. The number of rotatable bonds is 13. The zero-order valence-electron chi connectivity index (χ0n) is 21.5. The van der Waals surface area contributed by atoms with Crippen molar-refractivity contribution in [1.29, 1.82) is 0 Å². The van der Waals surface area contributed by atoms with E-state index in [1.807, 2.05) is 56.5 Å². The number of aryl methyl sites for hydroxylation is 1. The van der Waals surface area contributed by atoms with Crippen LogP contribution in [0.1, 0.15) is 30.4 Å². The van der Waals surface area contributed by atoms with E-state index in [1.165, 1.54) is 17.0 Å². The highest BCUT2D eigenvalue weighted by atomic mass is 32.2. The summed E-state index contributed by atoms with van der Waals surface area (Å²) in [6.45, 7) is 5.54. The lowest BCUT2D eigenvalue weighted by molar-refractivity contribution is -0.133. The monoisotopic (exact) mass is 527 g/mol. The summed E-state index contributed by atoms with van der Waals surface area (Å²) in [5.41, 5.74) is 1.43. The SMILES string of the molecule is CCOCCCN(CC(=O)N(Cc1ccc(F)cc1)Cc1ccc(C)o1)C(=O)Nc1ccc(SC)cc1. The molecule has 0 aliphatic heterocycles. The van der Waals surface area contributed by atoms with Gasteiger partial charge in [0.15, 0.2) is 0 Å². The number of anilines is 1. The first-order valence-electron chi connectivity index (χ1n) is 12.2.